The molecule has 0 saturated carbocycles. The minimum absolute atomic E-state index is 0.106. The van der Waals surface area contributed by atoms with Gasteiger partial charge in [0.1, 0.15) is 22.7 Å². The molecule has 2 nitrogen and oxygen atoms in total. The third kappa shape index (κ3) is 3.66. The van der Waals surface area contributed by atoms with Crippen LogP contribution in [-0.4, -0.2) is 0 Å². The SMILES string of the molecule is CC1(C)c2ccc(-c3ccc4c(c3)-c3cccc5cccc(c35)O4)cc2-c2c1ccc1c(-c3ccc4oc5ccccc5c4c3)cccc21. The second kappa shape index (κ2) is 9.49. The lowest BCUT2D eigenvalue weighted by molar-refractivity contribution is 0.487. The maximum Gasteiger partial charge on any atom is 0.135 e. The molecule has 1 aliphatic carbocycles. The Morgan fingerprint density at radius 1 is 0.429 bits per heavy atom. The van der Waals surface area contributed by atoms with E-state index in [9.17, 15) is 0 Å². The molecule has 2 heteroatoms. The van der Waals surface area contributed by atoms with Gasteiger partial charge in [-0.25, -0.2) is 0 Å². The Bertz CT molecular complexity index is 2880. The van der Waals surface area contributed by atoms with Crippen LogP contribution in [0.5, 0.6) is 11.5 Å². The van der Waals surface area contributed by atoms with E-state index in [2.05, 4.69) is 147 Å². The summed E-state index contributed by atoms with van der Waals surface area (Å²) < 4.78 is 12.6. The van der Waals surface area contributed by atoms with Gasteiger partial charge in [-0.1, -0.05) is 117 Å². The normalized spacial score (nSPS) is 13.8. The fourth-order valence-electron chi connectivity index (χ4n) is 8.68. The monoisotopic (exact) mass is 626 g/mol. The van der Waals surface area contributed by atoms with E-state index in [-0.39, 0.29) is 5.41 Å². The highest BCUT2D eigenvalue weighted by atomic mass is 16.5. The zero-order valence-electron chi connectivity index (χ0n) is 27.2. The third-order valence-corrected chi connectivity index (χ3v) is 11.1. The zero-order chi connectivity index (χ0) is 32.4. The van der Waals surface area contributed by atoms with E-state index in [1.165, 1.54) is 71.6 Å². The predicted octanol–water partition coefficient (Wildman–Crippen LogP) is 13.3. The van der Waals surface area contributed by atoms with E-state index < -0.39 is 0 Å². The van der Waals surface area contributed by atoms with Crippen molar-refractivity contribution >= 4 is 43.5 Å². The van der Waals surface area contributed by atoms with Crippen LogP contribution < -0.4 is 4.74 Å². The smallest absolute Gasteiger partial charge is 0.135 e. The molecule has 8 aromatic carbocycles. The van der Waals surface area contributed by atoms with Gasteiger partial charge in [0.25, 0.3) is 0 Å². The molecule has 1 aromatic heterocycles. The molecule has 230 valence electrons. The van der Waals surface area contributed by atoms with Crippen LogP contribution in [0.1, 0.15) is 25.0 Å². The van der Waals surface area contributed by atoms with Crippen molar-refractivity contribution in [3.63, 3.8) is 0 Å². The summed E-state index contributed by atoms with van der Waals surface area (Å²) in [4.78, 5) is 0. The van der Waals surface area contributed by atoms with Crippen LogP contribution in [0.25, 0.3) is 88.0 Å². The number of hydrogen-bond donors (Lipinski definition) is 0. The first-order chi connectivity index (χ1) is 24.0. The van der Waals surface area contributed by atoms with Gasteiger partial charge < -0.3 is 9.15 Å². The molecule has 0 N–H and O–H groups in total. The van der Waals surface area contributed by atoms with Gasteiger partial charge >= 0.3 is 0 Å². The molecular formula is C47H30O2. The molecular weight excluding hydrogens is 597 g/mol. The molecule has 0 spiro atoms. The minimum Gasteiger partial charge on any atom is -0.456 e. The molecule has 0 saturated heterocycles. The fraction of sp³-hybridized carbons (Fsp3) is 0.0638. The van der Waals surface area contributed by atoms with Crippen molar-refractivity contribution in [3.8, 4) is 56.0 Å². The maximum absolute atomic E-state index is 6.42. The summed E-state index contributed by atoms with van der Waals surface area (Å²) in [6.45, 7) is 4.72. The number of furan rings is 1. The topological polar surface area (TPSA) is 22.4 Å². The lowest BCUT2D eigenvalue weighted by Gasteiger charge is -2.22. The second-order valence-corrected chi connectivity index (χ2v) is 14.1. The van der Waals surface area contributed by atoms with Crippen LogP contribution in [0.15, 0.2) is 150 Å². The van der Waals surface area contributed by atoms with Crippen molar-refractivity contribution in [2.75, 3.05) is 0 Å². The molecule has 0 radical (unpaired) electrons. The number of hydrogen-bond acceptors (Lipinski definition) is 2. The van der Waals surface area contributed by atoms with Crippen molar-refractivity contribution < 1.29 is 9.15 Å². The van der Waals surface area contributed by atoms with Gasteiger partial charge in [0.2, 0.25) is 0 Å². The Morgan fingerprint density at radius 3 is 2.06 bits per heavy atom. The largest absolute Gasteiger partial charge is 0.456 e. The Morgan fingerprint density at radius 2 is 1.14 bits per heavy atom. The first-order valence-corrected chi connectivity index (χ1v) is 17.0. The molecule has 11 rings (SSSR count). The summed E-state index contributed by atoms with van der Waals surface area (Å²) in [5, 5.41) is 7.24. The van der Waals surface area contributed by atoms with Crippen molar-refractivity contribution in [1.29, 1.82) is 0 Å². The summed E-state index contributed by atoms with van der Waals surface area (Å²) >= 11 is 0. The first kappa shape index (κ1) is 26.9. The molecule has 0 fully saturated rings. The van der Waals surface area contributed by atoms with Crippen molar-refractivity contribution in [1.82, 2.24) is 0 Å². The molecule has 0 amide bonds. The van der Waals surface area contributed by atoms with Gasteiger partial charge in [0, 0.05) is 27.1 Å². The van der Waals surface area contributed by atoms with Gasteiger partial charge in [0.15, 0.2) is 0 Å². The lowest BCUT2D eigenvalue weighted by Crippen LogP contribution is -2.14. The fourth-order valence-corrected chi connectivity index (χ4v) is 8.68. The second-order valence-electron chi connectivity index (χ2n) is 14.1. The minimum atomic E-state index is -0.106. The average Bonchev–Trinajstić information content (AvgIpc) is 3.62. The van der Waals surface area contributed by atoms with E-state index >= 15 is 0 Å². The number of ether oxygens (including phenoxy) is 1. The van der Waals surface area contributed by atoms with Gasteiger partial charge in [-0.15, -0.1) is 0 Å². The van der Waals surface area contributed by atoms with Crippen molar-refractivity contribution in [2.24, 2.45) is 0 Å². The van der Waals surface area contributed by atoms with Crippen LogP contribution in [0.3, 0.4) is 0 Å². The van der Waals surface area contributed by atoms with Gasteiger partial charge in [-0.2, -0.15) is 0 Å². The Kier molecular flexibility index (Phi) is 5.21. The molecule has 0 bridgehead atoms. The van der Waals surface area contributed by atoms with Crippen molar-refractivity contribution in [2.45, 2.75) is 19.3 Å². The van der Waals surface area contributed by atoms with E-state index in [0.717, 1.165) is 39.0 Å². The highest BCUT2D eigenvalue weighted by Gasteiger charge is 2.37. The Hall–Kier alpha value is -6.12. The van der Waals surface area contributed by atoms with Crippen LogP contribution >= 0.6 is 0 Å². The first-order valence-electron chi connectivity index (χ1n) is 17.0. The van der Waals surface area contributed by atoms with E-state index in [1.807, 2.05) is 12.1 Å². The molecule has 49 heavy (non-hydrogen) atoms. The highest BCUT2D eigenvalue weighted by molar-refractivity contribution is 6.11. The average molecular weight is 627 g/mol. The Labute approximate surface area is 283 Å². The molecule has 0 unspecified atom stereocenters. The van der Waals surface area contributed by atoms with E-state index in [0.29, 0.717) is 0 Å². The summed E-state index contributed by atoms with van der Waals surface area (Å²) in [5.41, 5.74) is 14.3. The van der Waals surface area contributed by atoms with Crippen LogP contribution in [0.2, 0.25) is 0 Å². The Balaban J connectivity index is 1.08. The van der Waals surface area contributed by atoms with Gasteiger partial charge in [-0.05, 0) is 109 Å². The van der Waals surface area contributed by atoms with Gasteiger partial charge in [-0.3, -0.25) is 0 Å². The van der Waals surface area contributed by atoms with E-state index in [4.69, 9.17) is 9.15 Å². The summed E-state index contributed by atoms with van der Waals surface area (Å²) in [5.74, 6) is 1.83. The van der Waals surface area contributed by atoms with E-state index in [1.54, 1.807) is 0 Å². The quantitative estimate of drug-likeness (QED) is 0.190. The van der Waals surface area contributed by atoms with Crippen LogP contribution in [0, 0.1) is 0 Å². The summed E-state index contributed by atoms with van der Waals surface area (Å²) in [6, 6.07) is 52.9. The number of para-hydroxylation sites is 1. The lowest BCUT2D eigenvalue weighted by atomic mass is 9.81. The molecule has 0 atom stereocenters. The molecule has 9 aromatic rings. The zero-order valence-corrected chi connectivity index (χ0v) is 27.2. The summed E-state index contributed by atoms with van der Waals surface area (Å²) in [7, 11) is 0. The number of benzene rings is 8. The highest BCUT2D eigenvalue weighted by Crippen LogP contribution is 2.54. The summed E-state index contributed by atoms with van der Waals surface area (Å²) in [6.07, 6.45) is 0. The van der Waals surface area contributed by atoms with Crippen molar-refractivity contribution in [3.05, 3.63) is 157 Å². The standard InChI is InChI=1S/C47H30O2/c1-47(2)39-20-16-28(29-17-22-43-37(24-29)35-12-5-8-27-9-6-15-44(49-43)45(27)35)25-38(39)46-34-13-7-11-31(32(34)19-21-40(46)47)30-18-23-42-36(26-30)33-10-3-4-14-41(33)48-42/h3-26H,1-2H3. The number of rotatable bonds is 2. The molecule has 2 heterocycles. The predicted molar refractivity (Wildman–Crippen MR) is 203 cm³/mol. The van der Waals surface area contributed by atoms with Gasteiger partial charge in [0.05, 0.1) is 0 Å². The molecule has 1 aliphatic heterocycles. The molecule has 2 aliphatic rings. The van der Waals surface area contributed by atoms with Crippen LogP contribution in [-0.2, 0) is 5.41 Å². The number of fused-ring (bicyclic) bond motifs is 10. The maximum atomic E-state index is 6.42. The van der Waals surface area contributed by atoms with Crippen LogP contribution in [0.4, 0.5) is 0 Å². The third-order valence-electron chi connectivity index (χ3n) is 11.1.